The number of aromatic nitrogens is 1. The number of benzene rings is 1. The summed E-state index contributed by atoms with van der Waals surface area (Å²) in [5.41, 5.74) is 1.16. The Morgan fingerprint density at radius 2 is 2.00 bits per heavy atom. The molecule has 1 aromatic heterocycles. The first-order valence-electron chi connectivity index (χ1n) is 7.05. The van der Waals surface area contributed by atoms with Gasteiger partial charge in [0.05, 0.1) is 12.3 Å². The molecule has 0 saturated carbocycles. The molecule has 0 bridgehead atoms. The van der Waals surface area contributed by atoms with Crippen LogP contribution < -0.4 is 0 Å². The number of methoxy groups -OCH3 is 1. The van der Waals surface area contributed by atoms with Crippen molar-refractivity contribution in [2.45, 2.75) is 6.92 Å². The van der Waals surface area contributed by atoms with Crippen LogP contribution in [0.2, 0.25) is 0 Å². The fourth-order valence-corrected chi connectivity index (χ4v) is 2.06. The lowest BCUT2D eigenvalue weighted by atomic mass is 10.2. The highest BCUT2D eigenvalue weighted by Crippen LogP contribution is 2.22. The highest BCUT2D eigenvalue weighted by atomic mass is 16.5. The lowest BCUT2D eigenvalue weighted by molar-refractivity contribution is -0.137. The van der Waals surface area contributed by atoms with E-state index in [0.717, 1.165) is 10.5 Å². The van der Waals surface area contributed by atoms with E-state index in [-0.39, 0.29) is 18.9 Å². The van der Waals surface area contributed by atoms with E-state index in [4.69, 9.17) is 14.3 Å². The Labute approximate surface area is 133 Å². The van der Waals surface area contributed by atoms with Gasteiger partial charge in [0.15, 0.2) is 0 Å². The third-order valence-corrected chi connectivity index (χ3v) is 3.19. The molecule has 23 heavy (non-hydrogen) atoms. The molecule has 0 unspecified atom stereocenters. The van der Waals surface area contributed by atoms with Gasteiger partial charge in [0.2, 0.25) is 11.7 Å². The minimum Gasteiger partial charge on any atom is -0.480 e. The molecule has 1 aromatic carbocycles. The Morgan fingerprint density at radius 1 is 1.30 bits per heavy atom. The van der Waals surface area contributed by atoms with Gasteiger partial charge in [-0.1, -0.05) is 18.2 Å². The van der Waals surface area contributed by atoms with Gasteiger partial charge < -0.3 is 19.2 Å². The predicted molar refractivity (Wildman–Crippen MR) is 82.1 cm³/mol. The second kappa shape index (κ2) is 7.55. The standard InChI is InChI=1S/C16H18N2O5/c1-11-14(16(21)18(8-9-22-2)10-13(19)20)23-15(17-11)12-6-4-3-5-7-12/h3-7H,8-10H2,1-2H3,(H,19,20). The number of rotatable bonds is 7. The lowest BCUT2D eigenvalue weighted by Crippen LogP contribution is -2.38. The molecule has 7 nitrogen and oxygen atoms in total. The molecular weight excluding hydrogens is 300 g/mol. The Morgan fingerprint density at radius 3 is 2.61 bits per heavy atom. The van der Waals surface area contributed by atoms with Crippen molar-refractivity contribution in [1.82, 2.24) is 9.88 Å². The van der Waals surface area contributed by atoms with Crippen molar-refractivity contribution >= 4 is 11.9 Å². The summed E-state index contributed by atoms with van der Waals surface area (Å²) in [5.74, 6) is -1.25. The van der Waals surface area contributed by atoms with Crippen molar-refractivity contribution in [2.75, 3.05) is 26.8 Å². The van der Waals surface area contributed by atoms with Crippen molar-refractivity contribution in [3.8, 4) is 11.5 Å². The zero-order valence-electron chi connectivity index (χ0n) is 13.0. The van der Waals surface area contributed by atoms with Gasteiger partial charge >= 0.3 is 5.97 Å². The number of carbonyl (C=O) groups excluding carboxylic acids is 1. The van der Waals surface area contributed by atoms with Gasteiger partial charge in [-0.05, 0) is 19.1 Å². The number of ether oxygens (including phenoxy) is 1. The normalized spacial score (nSPS) is 10.5. The Balaban J connectivity index is 2.26. The summed E-state index contributed by atoms with van der Waals surface area (Å²) in [7, 11) is 1.48. The number of aliphatic carboxylic acids is 1. The zero-order valence-corrected chi connectivity index (χ0v) is 13.0. The molecule has 1 N–H and O–H groups in total. The number of nitrogens with zero attached hydrogens (tertiary/aromatic N) is 2. The number of aryl methyl sites for hydroxylation is 1. The first-order valence-corrected chi connectivity index (χ1v) is 7.05. The minimum absolute atomic E-state index is 0.0428. The first kappa shape index (κ1) is 16.7. The Bertz CT molecular complexity index is 681. The summed E-state index contributed by atoms with van der Waals surface area (Å²) >= 11 is 0. The van der Waals surface area contributed by atoms with Crippen molar-refractivity contribution in [3.63, 3.8) is 0 Å². The Kier molecular flexibility index (Phi) is 5.48. The maximum Gasteiger partial charge on any atom is 0.323 e. The third-order valence-electron chi connectivity index (χ3n) is 3.19. The highest BCUT2D eigenvalue weighted by Gasteiger charge is 2.25. The van der Waals surface area contributed by atoms with Crippen molar-refractivity contribution in [3.05, 3.63) is 41.8 Å². The maximum atomic E-state index is 12.5. The molecule has 1 amide bonds. The number of carboxylic acid groups (broad SMARTS) is 1. The van der Waals surface area contributed by atoms with Crippen LogP contribution in [0.4, 0.5) is 0 Å². The molecule has 7 heteroatoms. The van der Waals surface area contributed by atoms with Gasteiger partial charge in [0.1, 0.15) is 6.54 Å². The summed E-state index contributed by atoms with van der Waals surface area (Å²) in [4.78, 5) is 28.9. The molecule has 0 radical (unpaired) electrons. The van der Waals surface area contributed by atoms with Gasteiger partial charge in [-0.15, -0.1) is 0 Å². The monoisotopic (exact) mass is 318 g/mol. The van der Waals surface area contributed by atoms with Crippen molar-refractivity contribution in [2.24, 2.45) is 0 Å². The van der Waals surface area contributed by atoms with Crippen molar-refractivity contribution < 1.29 is 23.8 Å². The average Bonchev–Trinajstić information content (AvgIpc) is 2.93. The van der Waals surface area contributed by atoms with Crippen LogP contribution in [-0.2, 0) is 9.53 Å². The first-order chi connectivity index (χ1) is 11.0. The molecule has 0 aliphatic rings. The summed E-state index contributed by atoms with van der Waals surface area (Å²) in [6, 6.07) is 9.18. The molecule has 0 fully saturated rings. The molecular formula is C16H18N2O5. The molecule has 0 atom stereocenters. The number of carboxylic acids is 1. The zero-order chi connectivity index (χ0) is 16.8. The summed E-state index contributed by atoms with van der Waals surface area (Å²) in [5, 5.41) is 8.95. The topological polar surface area (TPSA) is 92.9 Å². The van der Waals surface area contributed by atoms with Gasteiger partial charge in [-0.25, -0.2) is 4.98 Å². The summed E-state index contributed by atoms with van der Waals surface area (Å²) in [6.07, 6.45) is 0. The maximum absolute atomic E-state index is 12.5. The average molecular weight is 318 g/mol. The van der Waals surface area contributed by atoms with E-state index in [1.54, 1.807) is 6.92 Å². The second-order valence-electron chi connectivity index (χ2n) is 4.91. The van der Waals surface area contributed by atoms with Crippen LogP contribution >= 0.6 is 0 Å². The van der Waals surface area contributed by atoms with Crippen LogP contribution in [0.3, 0.4) is 0 Å². The minimum atomic E-state index is -1.10. The van der Waals surface area contributed by atoms with Gasteiger partial charge in [-0.2, -0.15) is 0 Å². The van der Waals surface area contributed by atoms with E-state index < -0.39 is 18.4 Å². The lowest BCUT2D eigenvalue weighted by Gasteiger charge is -2.18. The van der Waals surface area contributed by atoms with Gasteiger partial charge in [0, 0.05) is 19.2 Å². The van der Waals surface area contributed by atoms with Crippen LogP contribution in [-0.4, -0.2) is 53.7 Å². The number of hydrogen-bond acceptors (Lipinski definition) is 5. The SMILES string of the molecule is COCCN(CC(=O)O)C(=O)c1oc(-c2ccccc2)nc1C. The molecule has 0 spiro atoms. The van der Waals surface area contributed by atoms with E-state index >= 15 is 0 Å². The fraction of sp³-hybridized carbons (Fsp3) is 0.312. The third kappa shape index (κ3) is 4.17. The van der Waals surface area contributed by atoms with E-state index in [0.29, 0.717) is 11.6 Å². The van der Waals surface area contributed by atoms with Crippen LogP contribution in [0.1, 0.15) is 16.2 Å². The predicted octanol–water partition coefficient (Wildman–Crippen LogP) is 1.82. The van der Waals surface area contributed by atoms with E-state index in [2.05, 4.69) is 4.98 Å². The number of oxazole rings is 1. The number of amides is 1. The molecule has 0 saturated heterocycles. The van der Waals surface area contributed by atoms with E-state index in [1.165, 1.54) is 7.11 Å². The smallest absolute Gasteiger partial charge is 0.323 e. The van der Waals surface area contributed by atoms with Crippen LogP contribution in [0.25, 0.3) is 11.5 Å². The van der Waals surface area contributed by atoms with Crippen LogP contribution in [0.5, 0.6) is 0 Å². The number of carbonyl (C=O) groups is 2. The van der Waals surface area contributed by atoms with Crippen molar-refractivity contribution in [1.29, 1.82) is 0 Å². The molecule has 0 aliphatic heterocycles. The van der Waals surface area contributed by atoms with E-state index in [1.807, 2.05) is 30.3 Å². The summed E-state index contributed by atoms with van der Waals surface area (Å²) in [6.45, 7) is 1.61. The molecule has 2 aromatic rings. The molecule has 0 aliphatic carbocycles. The Hall–Kier alpha value is -2.67. The fourth-order valence-electron chi connectivity index (χ4n) is 2.06. The number of hydrogen-bond donors (Lipinski definition) is 1. The van der Waals surface area contributed by atoms with Crippen LogP contribution in [0, 0.1) is 6.92 Å². The quantitative estimate of drug-likeness (QED) is 0.837. The van der Waals surface area contributed by atoms with Gasteiger partial charge in [-0.3, -0.25) is 9.59 Å². The molecule has 2 rings (SSSR count). The second-order valence-corrected chi connectivity index (χ2v) is 4.91. The molecule has 122 valence electrons. The van der Waals surface area contributed by atoms with Crippen LogP contribution in [0.15, 0.2) is 34.7 Å². The van der Waals surface area contributed by atoms with Gasteiger partial charge in [0.25, 0.3) is 5.91 Å². The summed E-state index contributed by atoms with van der Waals surface area (Å²) < 4.78 is 10.5. The largest absolute Gasteiger partial charge is 0.480 e. The molecule has 1 heterocycles. The highest BCUT2D eigenvalue weighted by molar-refractivity contribution is 5.94. The van der Waals surface area contributed by atoms with E-state index in [9.17, 15) is 9.59 Å².